The Morgan fingerprint density at radius 3 is 2.80 bits per heavy atom. The van der Waals surface area contributed by atoms with Crippen LogP contribution in [0.25, 0.3) is 0 Å². The Kier molecular flexibility index (Phi) is 3.47. The summed E-state index contributed by atoms with van der Waals surface area (Å²) in [6, 6.07) is -0.102. The molecule has 0 saturated carbocycles. The second-order valence-electron chi connectivity index (χ2n) is 4.13. The smallest absolute Gasteiger partial charge is 0.240 e. The molecule has 0 bridgehead atoms. The SMILES string of the molecule is CCC(NC(=O)C(C)(C)N)c1ncc[nH]1. The van der Waals surface area contributed by atoms with Gasteiger partial charge in [-0.15, -0.1) is 0 Å². The predicted octanol–water partition coefficient (Wildman–Crippen LogP) is 0.714. The number of carbonyl (C=O) groups is 1. The molecule has 0 fully saturated rings. The van der Waals surface area contributed by atoms with E-state index >= 15 is 0 Å². The van der Waals surface area contributed by atoms with E-state index in [1.807, 2.05) is 6.92 Å². The van der Waals surface area contributed by atoms with Crippen LogP contribution in [0.3, 0.4) is 0 Å². The zero-order valence-electron chi connectivity index (χ0n) is 9.37. The first kappa shape index (κ1) is 11.7. The number of aromatic amines is 1. The Morgan fingerprint density at radius 1 is 1.73 bits per heavy atom. The molecule has 0 radical (unpaired) electrons. The van der Waals surface area contributed by atoms with Gasteiger partial charge in [-0.2, -0.15) is 0 Å². The van der Waals surface area contributed by atoms with Crippen LogP contribution in [-0.4, -0.2) is 21.4 Å². The molecule has 1 unspecified atom stereocenters. The topological polar surface area (TPSA) is 83.8 Å². The lowest BCUT2D eigenvalue weighted by atomic mass is 10.1. The average Bonchev–Trinajstić information content (AvgIpc) is 2.64. The summed E-state index contributed by atoms with van der Waals surface area (Å²) in [5.41, 5.74) is 4.83. The molecule has 1 rings (SSSR count). The van der Waals surface area contributed by atoms with E-state index < -0.39 is 5.54 Å². The third-order valence-electron chi connectivity index (χ3n) is 2.15. The summed E-state index contributed by atoms with van der Waals surface area (Å²) < 4.78 is 0. The summed E-state index contributed by atoms with van der Waals surface area (Å²) in [6.07, 6.45) is 4.17. The fourth-order valence-electron chi connectivity index (χ4n) is 1.18. The molecule has 1 aromatic heterocycles. The molecule has 15 heavy (non-hydrogen) atoms. The summed E-state index contributed by atoms with van der Waals surface area (Å²) in [6.45, 7) is 5.34. The van der Waals surface area contributed by atoms with Crippen LogP contribution in [-0.2, 0) is 4.79 Å². The minimum absolute atomic E-state index is 0.102. The molecular formula is C10H18N4O. The van der Waals surface area contributed by atoms with Crippen molar-refractivity contribution in [1.82, 2.24) is 15.3 Å². The zero-order valence-corrected chi connectivity index (χ0v) is 9.37. The number of hydrogen-bond donors (Lipinski definition) is 3. The zero-order chi connectivity index (χ0) is 11.5. The molecule has 1 aromatic rings. The largest absolute Gasteiger partial charge is 0.347 e. The highest BCUT2D eigenvalue weighted by Gasteiger charge is 2.25. The lowest BCUT2D eigenvalue weighted by Gasteiger charge is -2.22. The van der Waals surface area contributed by atoms with E-state index in [0.717, 1.165) is 12.2 Å². The van der Waals surface area contributed by atoms with Crippen molar-refractivity contribution in [1.29, 1.82) is 0 Å². The summed E-state index contributed by atoms with van der Waals surface area (Å²) in [7, 11) is 0. The number of nitrogens with zero attached hydrogens (tertiary/aromatic N) is 1. The van der Waals surface area contributed by atoms with Crippen molar-refractivity contribution in [3.8, 4) is 0 Å². The van der Waals surface area contributed by atoms with Crippen molar-refractivity contribution in [3.63, 3.8) is 0 Å². The Morgan fingerprint density at radius 2 is 2.40 bits per heavy atom. The van der Waals surface area contributed by atoms with Crippen molar-refractivity contribution >= 4 is 5.91 Å². The van der Waals surface area contributed by atoms with Crippen LogP contribution in [0.4, 0.5) is 0 Å². The van der Waals surface area contributed by atoms with Crippen molar-refractivity contribution in [3.05, 3.63) is 18.2 Å². The van der Waals surface area contributed by atoms with Crippen LogP contribution < -0.4 is 11.1 Å². The van der Waals surface area contributed by atoms with Crippen molar-refractivity contribution in [2.45, 2.75) is 38.8 Å². The van der Waals surface area contributed by atoms with E-state index in [9.17, 15) is 4.79 Å². The van der Waals surface area contributed by atoms with E-state index in [1.54, 1.807) is 26.2 Å². The van der Waals surface area contributed by atoms with Gasteiger partial charge in [0.05, 0.1) is 11.6 Å². The Hall–Kier alpha value is -1.36. The highest BCUT2D eigenvalue weighted by Crippen LogP contribution is 2.12. The molecule has 84 valence electrons. The summed E-state index contributed by atoms with van der Waals surface area (Å²) in [5, 5.41) is 2.85. The van der Waals surface area contributed by atoms with Crippen LogP contribution in [0.2, 0.25) is 0 Å². The molecule has 0 aliphatic rings. The lowest BCUT2D eigenvalue weighted by Crippen LogP contribution is -2.50. The third-order valence-corrected chi connectivity index (χ3v) is 2.15. The van der Waals surface area contributed by atoms with Crippen LogP contribution in [0.5, 0.6) is 0 Å². The van der Waals surface area contributed by atoms with E-state index in [1.165, 1.54) is 0 Å². The van der Waals surface area contributed by atoms with Gasteiger partial charge in [0.15, 0.2) is 0 Å². The Labute approximate surface area is 89.5 Å². The fraction of sp³-hybridized carbons (Fsp3) is 0.600. The van der Waals surface area contributed by atoms with E-state index in [-0.39, 0.29) is 11.9 Å². The molecule has 0 aliphatic heterocycles. The average molecular weight is 210 g/mol. The number of carbonyl (C=O) groups excluding carboxylic acids is 1. The molecular weight excluding hydrogens is 192 g/mol. The maximum absolute atomic E-state index is 11.7. The van der Waals surface area contributed by atoms with E-state index in [2.05, 4.69) is 15.3 Å². The van der Waals surface area contributed by atoms with Crippen LogP contribution in [0, 0.1) is 0 Å². The predicted molar refractivity (Wildman–Crippen MR) is 58.0 cm³/mol. The van der Waals surface area contributed by atoms with Crippen molar-refractivity contribution in [2.24, 2.45) is 5.73 Å². The Balaban J connectivity index is 2.67. The standard InChI is InChI=1S/C10H18N4O/c1-4-7(8-12-5-6-13-8)14-9(15)10(2,3)11/h5-7H,4,11H2,1-3H3,(H,12,13)(H,14,15). The van der Waals surface area contributed by atoms with Gasteiger partial charge in [-0.25, -0.2) is 4.98 Å². The molecule has 0 spiro atoms. The molecule has 1 heterocycles. The summed E-state index contributed by atoms with van der Waals surface area (Å²) in [5.74, 6) is 0.584. The van der Waals surface area contributed by atoms with Gasteiger partial charge >= 0.3 is 0 Å². The van der Waals surface area contributed by atoms with E-state index in [4.69, 9.17) is 5.73 Å². The number of imidazole rings is 1. The fourth-order valence-corrected chi connectivity index (χ4v) is 1.18. The van der Waals surface area contributed by atoms with Gasteiger partial charge in [0, 0.05) is 12.4 Å². The van der Waals surface area contributed by atoms with Gasteiger partial charge in [0.2, 0.25) is 5.91 Å². The van der Waals surface area contributed by atoms with Crippen LogP contribution in [0.15, 0.2) is 12.4 Å². The van der Waals surface area contributed by atoms with Gasteiger partial charge in [0.25, 0.3) is 0 Å². The van der Waals surface area contributed by atoms with Crippen LogP contribution in [0.1, 0.15) is 39.1 Å². The van der Waals surface area contributed by atoms with Gasteiger partial charge in [-0.05, 0) is 20.3 Å². The first-order chi connectivity index (χ1) is 6.95. The maximum atomic E-state index is 11.7. The minimum Gasteiger partial charge on any atom is -0.347 e. The quantitative estimate of drug-likeness (QED) is 0.684. The maximum Gasteiger partial charge on any atom is 0.240 e. The number of nitrogens with one attached hydrogen (secondary N) is 2. The molecule has 5 heteroatoms. The molecule has 0 saturated heterocycles. The number of aromatic nitrogens is 2. The van der Waals surface area contributed by atoms with Gasteiger partial charge in [-0.1, -0.05) is 6.92 Å². The summed E-state index contributed by atoms with van der Waals surface area (Å²) in [4.78, 5) is 18.7. The second kappa shape index (κ2) is 4.44. The number of rotatable bonds is 4. The molecule has 1 atom stereocenters. The highest BCUT2D eigenvalue weighted by molar-refractivity contribution is 5.85. The second-order valence-corrected chi connectivity index (χ2v) is 4.13. The first-order valence-electron chi connectivity index (χ1n) is 5.04. The number of amides is 1. The molecule has 1 amide bonds. The monoisotopic (exact) mass is 210 g/mol. The Bertz CT molecular complexity index is 313. The van der Waals surface area contributed by atoms with Gasteiger partial charge in [0.1, 0.15) is 5.82 Å². The highest BCUT2D eigenvalue weighted by atomic mass is 16.2. The normalized spacial score (nSPS) is 13.6. The molecule has 0 aromatic carbocycles. The number of H-pyrrole nitrogens is 1. The third kappa shape index (κ3) is 3.06. The van der Waals surface area contributed by atoms with Crippen molar-refractivity contribution in [2.75, 3.05) is 0 Å². The minimum atomic E-state index is -0.861. The number of nitrogens with two attached hydrogens (primary N) is 1. The molecule has 0 aliphatic carbocycles. The van der Waals surface area contributed by atoms with Gasteiger partial charge in [-0.3, -0.25) is 4.79 Å². The summed E-state index contributed by atoms with van der Waals surface area (Å²) >= 11 is 0. The van der Waals surface area contributed by atoms with Crippen LogP contribution >= 0.6 is 0 Å². The number of hydrogen-bond acceptors (Lipinski definition) is 3. The van der Waals surface area contributed by atoms with E-state index in [0.29, 0.717) is 0 Å². The molecule has 4 N–H and O–H groups in total. The van der Waals surface area contributed by atoms with Crippen molar-refractivity contribution < 1.29 is 4.79 Å². The first-order valence-corrected chi connectivity index (χ1v) is 5.04. The lowest BCUT2D eigenvalue weighted by molar-refractivity contribution is -0.126. The van der Waals surface area contributed by atoms with Gasteiger partial charge < -0.3 is 16.0 Å². The molecule has 5 nitrogen and oxygen atoms in total.